The van der Waals surface area contributed by atoms with Crippen molar-refractivity contribution in [3.8, 4) is 0 Å². The predicted octanol–water partition coefficient (Wildman–Crippen LogP) is 3.97. The normalized spacial score (nSPS) is 18.9. The van der Waals surface area contributed by atoms with E-state index in [9.17, 15) is 22.8 Å². The zero-order valence-electron chi connectivity index (χ0n) is 21.3. The number of sulfonamides is 1. The number of ether oxygens (including phenoxy) is 1. The van der Waals surface area contributed by atoms with E-state index in [1.165, 1.54) is 35.7 Å². The molecule has 1 saturated heterocycles. The number of methoxy groups -OCH3 is 1. The Hall–Kier alpha value is -3.04. The molecule has 1 saturated carbocycles. The summed E-state index contributed by atoms with van der Waals surface area (Å²) in [5, 5.41) is 0. The summed E-state index contributed by atoms with van der Waals surface area (Å²) in [5.41, 5.74) is 3.63. The van der Waals surface area contributed by atoms with Crippen LogP contribution in [0.4, 0.5) is 5.69 Å². The van der Waals surface area contributed by atoms with Crippen LogP contribution in [0.5, 0.6) is 0 Å². The van der Waals surface area contributed by atoms with Gasteiger partial charge in [-0.2, -0.15) is 4.31 Å². The van der Waals surface area contributed by atoms with Crippen LogP contribution in [0.3, 0.4) is 0 Å². The lowest BCUT2D eigenvalue weighted by atomic mass is 10.0. The zero-order valence-corrected chi connectivity index (χ0v) is 22.1. The molecule has 8 nitrogen and oxygen atoms in total. The lowest BCUT2D eigenvalue weighted by Gasteiger charge is -2.33. The Morgan fingerprint density at radius 2 is 1.53 bits per heavy atom. The number of imide groups is 1. The van der Waals surface area contributed by atoms with Gasteiger partial charge in [-0.3, -0.25) is 9.59 Å². The number of nitrogens with zero attached hydrogens (tertiary/aromatic N) is 2. The van der Waals surface area contributed by atoms with E-state index in [2.05, 4.69) is 0 Å². The topological polar surface area (TPSA) is 101 Å². The third-order valence-corrected chi connectivity index (χ3v) is 9.73. The fourth-order valence-electron chi connectivity index (χ4n) is 5.40. The lowest BCUT2D eigenvalue weighted by Crippen LogP contribution is -2.50. The number of hydrogen-bond donors (Lipinski definition) is 0. The Bertz CT molecular complexity index is 1300. The molecule has 192 valence electrons. The van der Waals surface area contributed by atoms with Crippen LogP contribution >= 0.6 is 0 Å². The van der Waals surface area contributed by atoms with Gasteiger partial charge >= 0.3 is 5.97 Å². The van der Waals surface area contributed by atoms with Crippen molar-refractivity contribution in [1.82, 2.24) is 4.31 Å². The maximum atomic E-state index is 14.3. The molecule has 1 unspecified atom stereocenters. The average Bonchev–Trinajstić information content (AvgIpc) is 3.45. The van der Waals surface area contributed by atoms with Crippen molar-refractivity contribution >= 4 is 33.5 Å². The van der Waals surface area contributed by atoms with Gasteiger partial charge in [-0.25, -0.2) is 18.1 Å². The van der Waals surface area contributed by atoms with E-state index >= 15 is 0 Å². The number of carbonyl (C=O) groups is 3. The van der Waals surface area contributed by atoms with Gasteiger partial charge in [0.2, 0.25) is 15.9 Å². The summed E-state index contributed by atoms with van der Waals surface area (Å²) >= 11 is 0. The van der Waals surface area contributed by atoms with Crippen molar-refractivity contribution in [3.63, 3.8) is 0 Å². The first-order chi connectivity index (χ1) is 17.0. The highest BCUT2D eigenvalue weighted by molar-refractivity contribution is 7.89. The first-order valence-corrected chi connectivity index (χ1v) is 13.6. The molecule has 0 bridgehead atoms. The van der Waals surface area contributed by atoms with Gasteiger partial charge in [-0.1, -0.05) is 18.9 Å². The maximum absolute atomic E-state index is 14.3. The Labute approximate surface area is 212 Å². The summed E-state index contributed by atoms with van der Waals surface area (Å²) in [4.78, 5) is 39.8. The van der Waals surface area contributed by atoms with E-state index in [0.29, 0.717) is 29.7 Å². The molecule has 4 rings (SSSR count). The standard InChI is InChI=1S/C27H32N2O6S/c1-16-14-17(2)19(4)25(18(16)3)36(33,34)29(22-8-6-7-9-22)23-15-24(30)28(26(23)31)21-12-10-20(11-13-21)27(32)35-5/h10-14,22-23H,6-9,15H2,1-5H3. The molecule has 36 heavy (non-hydrogen) atoms. The van der Waals surface area contributed by atoms with Crippen LogP contribution in [0.15, 0.2) is 35.2 Å². The van der Waals surface area contributed by atoms with Crippen LogP contribution in [0.2, 0.25) is 0 Å². The van der Waals surface area contributed by atoms with Crippen molar-refractivity contribution in [1.29, 1.82) is 0 Å². The van der Waals surface area contributed by atoms with Gasteiger partial charge in [-0.05, 0) is 87.1 Å². The maximum Gasteiger partial charge on any atom is 0.337 e. The van der Waals surface area contributed by atoms with E-state index in [1.54, 1.807) is 13.8 Å². The van der Waals surface area contributed by atoms with Gasteiger partial charge in [0.1, 0.15) is 6.04 Å². The smallest absolute Gasteiger partial charge is 0.337 e. The highest BCUT2D eigenvalue weighted by atomic mass is 32.2. The molecule has 9 heteroatoms. The predicted molar refractivity (Wildman–Crippen MR) is 135 cm³/mol. The SMILES string of the molecule is COC(=O)c1ccc(N2C(=O)CC(N(C3CCCC3)S(=O)(=O)c3c(C)c(C)cc(C)c3C)C2=O)cc1. The molecule has 1 aliphatic carbocycles. The summed E-state index contributed by atoms with van der Waals surface area (Å²) in [6, 6.07) is 6.44. The van der Waals surface area contributed by atoms with Crippen molar-refractivity contribution < 1.29 is 27.5 Å². The van der Waals surface area contributed by atoms with Crippen molar-refractivity contribution in [2.75, 3.05) is 12.0 Å². The van der Waals surface area contributed by atoms with E-state index < -0.39 is 33.8 Å². The third kappa shape index (κ3) is 4.35. The van der Waals surface area contributed by atoms with Gasteiger partial charge in [-0.15, -0.1) is 0 Å². The molecule has 1 atom stereocenters. The van der Waals surface area contributed by atoms with E-state index in [4.69, 9.17) is 4.74 Å². The van der Waals surface area contributed by atoms with Crippen LogP contribution in [-0.4, -0.2) is 49.7 Å². The second-order valence-corrected chi connectivity index (χ2v) is 11.5. The number of hydrogen-bond acceptors (Lipinski definition) is 6. The Kier molecular flexibility index (Phi) is 7.07. The molecule has 0 aromatic heterocycles. The van der Waals surface area contributed by atoms with Gasteiger partial charge < -0.3 is 4.74 Å². The van der Waals surface area contributed by atoms with Gasteiger partial charge in [0.05, 0.1) is 29.7 Å². The summed E-state index contributed by atoms with van der Waals surface area (Å²) in [7, 11) is -2.82. The summed E-state index contributed by atoms with van der Waals surface area (Å²) in [6.07, 6.45) is 2.81. The van der Waals surface area contributed by atoms with Crippen molar-refractivity contribution in [2.45, 2.75) is 76.8 Å². The molecule has 0 N–H and O–H groups in total. The molecule has 0 spiro atoms. The largest absolute Gasteiger partial charge is 0.465 e. The molecule has 0 radical (unpaired) electrons. The molecular weight excluding hydrogens is 480 g/mol. The second kappa shape index (κ2) is 9.78. The molecule has 2 aliphatic rings. The third-order valence-electron chi connectivity index (χ3n) is 7.49. The molecule has 2 fully saturated rings. The summed E-state index contributed by atoms with van der Waals surface area (Å²) < 4.78 is 34.6. The molecule has 1 heterocycles. The van der Waals surface area contributed by atoms with Crippen molar-refractivity contribution in [3.05, 3.63) is 58.1 Å². The monoisotopic (exact) mass is 512 g/mol. The Balaban J connectivity index is 1.77. The molecular formula is C27H32N2O6S. The van der Waals surface area contributed by atoms with Crippen LogP contribution in [0.1, 0.15) is 64.7 Å². The van der Waals surface area contributed by atoms with Crippen LogP contribution in [0, 0.1) is 27.7 Å². The minimum Gasteiger partial charge on any atom is -0.465 e. The van der Waals surface area contributed by atoms with E-state index in [1.807, 2.05) is 19.9 Å². The summed E-state index contributed by atoms with van der Waals surface area (Å²) in [6.45, 7) is 7.34. The highest BCUT2D eigenvalue weighted by Gasteiger charge is 2.50. The number of aryl methyl sites for hydroxylation is 2. The number of carbonyl (C=O) groups excluding carboxylic acids is 3. The van der Waals surface area contributed by atoms with E-state index in [-0.39, 0.29) is 22.9 Å². The molecule has 2 aromatic rings. The van der Waals surface area contributed by atoms with Gasteiger partial charge in [0.15, 0.2) is 0 Å². The van der Waals surface area contributed by atoms with Gasteiger partial charge in [0, 0.05) is 6.04 Å². The quantitative estimate of drug-likeness (QED) is 0.429. The number of rotatable bonds is 6. The zero-order chi connectivity index (χ0) is 26.4. The molecule has 2 aromatic carbocycles. The number of esters is 1. The van der Waals surface area contributed by atoms with Gasteiger partial charge in [0.25, 0.3) is 5.91 Å². The Morgan fingerprint density at radius 3 is 2.06 bits per heavy atom. The van der Waals surface area contributed by atoms with Crippen LogP contribution < -0.4 is 4.90 Å². The minimum atomic E-state index is -4.09. The second-order valence-electron chi connectivity index (χ2n) is 9.69. The number of benzene rings is 2. The van der Waals surface area contributed by atoms with Crippen LogP contribution in [-0.2, 0) is 24.3 Å². The average molecular weight is 513 g/mol. The van der Waals surface area contributed by atoms with Crippen LogP contribution in [0.25, 0.3) is 0 Å². The fourth-order valence-corrected chi connectivity index (χ4v) is 7.81. The Morgan fingerprint density at radius 1 is 0.972 bits per heavy atom. The van der Waals surface area contributed by atoms with Crippen molar-refractivity contribution in [2.24, 2.45) is 0 Å². The fraction of sp³-hybridized carbons (Fsp3) is 0.444. The first-order valence-electron chi connectivity index (χ1n) is 12.1. The minimum absolute atomic E-state index is 0.226. The molecule has 1 aliphatic heterocycles. The molecule has 2 amide bonds. The van der Waals surface area contributed by atoms with E-state index in [0.717, 1.165) is 28.9 Å². The number of amides is 2. The highest BCUT2D eigenvalue weighted by Crippen LogP contribution is 2.38. The lowest BCUT2D eigenvalue weighted by molar-refractivity contribution is -0.122. The summed E-state index contributed by atoms with van der Waals surface area (Å²) in [5.74, 6) is -1.57. The first kappa shape index (κ1) is 26.0. The number of anilines is 1.